The van der Waals surface area contributed by atoms with E-state index in [2.05, 4.69) is 15.5 Å². The predicted octanol–water partition coefficient (Wildman–Crippen LogP) is 1.12. The SMILES string of the molecule is CC(C)CNC(=O)CSc1nnc(-c2ccco2)n1N. The molecular weight excluding hydrogens is 278 g/mol. The van der Waals surface area contributed by atoms with Crippen LogP contribution in [0.15, 0.2) is 28.0 Å². The maximum Gasteiger partial charge on any atom is 0.230 e. The van der Waals surface area contributed by atoms with Crippen LogP contribution >= 0.6 is 11.8 Å². The van der Waals surface area contributed by atoms with Crippen molar-refractivity contribution in [2.75, 3.05) is 18.1 Å². The van der Waals surface area contributed by atoms with E-state index < -0.39 is 0 Å². The van der Waals surface area contributed by atoms with Crippen molar-refractivity contribution in [1.29, 1.82) is 0 Å². The third-order valence-electron chi connectivity index (χ3n) is 2.45. The number of nitrogen functional groups attached to an aromatic ring is 1. The second-order valence-corrected chi connectivity index (χ2v) is 5.58. The number of nitrogens with one attached hydrogen (secondary N) is 1. The van der Waals surface area contributed by atoms with Gasteiger partial charge < -0.3 is 15.6 Å². The van der Waals surface area contributed by atoms with Gasteiger partial charge in [0.15, 0.2) is 5.76 Å². The predicted molar refractivity (Wildman–Crippen MR) is 76.4 cm³/mol. The number of carbonyl (C=O) groups is 1. The Morgan fingerprint density at radius 3 is 3.00 bits per heavy atom. The smallest absolute Gasteiger partial charge is 0.230 e. The number of nitrogens with two attached hydrogens (primary N) is 1. The molecule has 0 aromatic carbocycles. The number of thioether (sulfide) groups is 1. The highest BCUT2D eigenvalue weighted by Gasteiger charge is 2.15. The van der Waals surface area contributed by atoms with Crippen LogP contribution in [0.2, 0.25) is 0 Å². The molecule has 0 unspecified atom stereocenters. The molecule has 7 nitrogen and oxygen atoms in total. The molecule has 0 bridgehead atoms. The Kier molecular flexibility index (Phi) is 4.67. The van der Waals surface area contributed by atoms with E-state index in [9.17, 15) is 4.79 Å². The molecule has 0 aliphatic heterocycles. The summed E-state index contributed by atoms with van der Waals surface area (Å²) in [4.78, 5) is 11.6. The maximum atomic E-state index is 11.6. The van der Waals surface area contributed by atoms with E-state index >= 15 is 0 Å². The zero-order valence-corrected chi connectivity index (χ0v) is 12.2. The van der Waals surface area contributed by atoms with Gasteiger partial charge in [0.25, 0.3) is 0 Å². The molecule has 20 heavy (non-hydrogen) atoms. The fraction of sp³-hybridized carbons (Fsp3) is 0.417. The first-order valence-electron chi connectivity index (χ1n) is 6.21. The van der Waals surface area contributed by atoms with Gasteiger partial charge in [-0.2, -0.15) is 0 Å². The van der Waals surface area contributed by atoms with E-state index in [1.807, 2.05) is 13.8 Å². The monoisotopic (exact) mass is 295 g/mol. The number of amides is 1. The average molecular weight is 295 g/mol. The fourth-order valence-corrected chi connectivity index (χ4v) is 2.13. The van der Waals surface area contributed by atoms with Gasteiger partial charge in [-0.1, -0.05) is 25.6 Å². The highest BCUT2D eigenvalue weighted by molar-refractivity contribution is 7.99. The van der Waals surface area contributed by atoms with Gasteiger partial charge in [-0.3, -0.25) is 4.79 Å². The number of rotatable bonds is 6. The van der Waals surface area contributed by atoms with Gasteiger partial charge in [0.1, 0.15) is 0 Å². The van der Waals surface area contributed by atoms with Gasteiger partial charge in [0.2, 0.25) is 16.9 Å². The maximum absolute atomic E-state index is 11.6. The lowest BCUT2D eigenvalue weighted by Crippen LogP contribution is -2.29. The standard InChI is InChI=1S/C12H17N5O2S/c1-8(2)6-14-10(18)7-20-12-16-15-11(17(12)13)9-4-3-5-19-9/h3-5,8H,6-7,13H2,1-2H3,(H,14,18). The summed E-state index contributed by atoms with van der Waals surface area (Å²) in [6, 6.07) is 3.49. The molecule has 2 aromatic rings. The lowest BCUT2D eigenvalue weighted by molar-refractivity contribution is -0.118. The van der Waals surface area contributed by atoms with Gasteiger partial charge in [-0.15, -0.1) is 10.2 Å². The van der Waals surface area contributed by atoms with Gasteiger partial charge >= 0.3 is 0 Å². The number of aromatic nitrogens is 3. The zero-order chi connectivity index (χ0) is 14.5. The van der Waals surface area contributed by atoms with Crippen LogP contribution in [0, 0.1) is 5.92 Å². The summed E-state index contributed by atoms with van der Waals surface area (Å²) in [5, 5.41) is 11.2. The van der Waals surface area contributed by atoms with Gasteiger partial charge in [-0.25, -0.2) is 4.68 Å². The van der Waals surface area contributed by atoms with Crippen LogP contribution in [0.1, 0.15) is 13.8 Å². The Morgan fingerprint density at radius 1 is 1.55 bits per heavy atom. The third kappa shape index (κ3) is 3.53. The second-order valence-electron chi connectivity index (χ2n) is 4.64. The first kappa shape index (κ1) is 14.4. The minimum absolute atomic E-state index is 0.0498. The third-order valence-corrected chi connectivity index (χ3v) is 3.39. The van der Waals surface area contributed by atoms with E-state index in [0.29, 0.717) is 29.2 Å². The molecule has 3 N–H and O–H groups in total. The van der Waals surface area contributed by atoms with Gasteiger partial charge in [0.05, 0.1) is 12.0 Å². The summed E-state index contributed by atoms with van der Waals surface area (Å²) in [6.45, 7) is 4.74. The van der Waals surface area contributed by atoms with Crippen molar-refractivity contribution in [2.24, 2.45) is 5.92 Å². The van der Waals surface area contributed by atoms with Crippen molar-refractivity contribution in [1.82, 2.24) is 20.2 Å². The summed E-state index contributed by atoms with van der Waals surface area (Å²) in [7, 11) is 0. The van der Waals surface area contributed by atoms with Crippen LogP contribution in [0.4, 0.5) is 0 Å². The summed E-state index contributed by atoms with van der Waals surface area (Å²) < 4.78 is 6.53. The normalized spacial score (nSPS) is 10.9. The van der Waals surface area contributed by atoms with Crippen molar-refractivity contribution < 1.29 is 9.21 Å². The van der Waals surface area contributed by atoms with E-state index in [0.717, 1.165) is 0 Å². The van der Waals surface area contributed by atoms with Crippen LogP contribution in [-0.2, 0) is 4.79 Å². The molecule has 8 heteroatoms. The van der Waals surface area contributed by atoms with E-state index in [4.69, 9.17) is 10.3 Å². The Labute approximate surface area is 120 Å². The topological polar surface area (TPSA) is 99.0 Å². The molecule has 108 valence electrons. The van der Waals surface area contributed by atoms with Crippen molar-refractivity contribution in [2.45, 2.75) is 19.0 Å². The van der Waals surface area contributed by atoms with Crippen LogP contribution in [0.5, 0.6) is 0 Å². The van der Waals surface area contributed by atoms with Crippen LogP contribution in [-0.4, -0.2) is 33.1 Å². The quantitative estimate of drug-likeness (QED) is 0.612. The first-order valence-corrected chi connectivity index (χ1v) is 7.20. The average Bonchev–Trinajstić information content (AvgIpc) is 3.03. The van der Waals surface area contributed by atoms with E-state index in [-0.39, 0.29) is 11.7 Å². The number of furan rings is 1. The van der Waals surface area contributed by atoms with Gasteiger partial charge in [0, 0.05) is 6.54 Å². The molecule has 2 aromatic heterocycles. The Morgan fingerprint density at radius 2 is 2.35 bits per heavy atom. The number of hydrogen-bond acceptors (Lipinski definition) is 6. The Balaban J connectivity index is 1.93. The number of carbonyl (C=O) groups excluding carboxylic acids is 1. The van der Waals surface area contributed by atoms with Gasteiger partial charge in [-0.05, 0) is 18.1 Å². The highest BCUT2D eigenvalue weighted by atomic mass is 32.2. The fourth-order valence-electron chi connectivity index (χ4n) is 1.45. The number of nitrogens with zero attached hydrogens (tertiary/aromatic N) is 3. The molecule has 0 spiro atoms. The minimum atomic E-state index is -0.0498. The van der Waals surface area contributed by atoms with Crippen molar-refractivity contribution in [3.63, 3.8) is 0 Å². The molecule has 0 aliphatic carbocycles. The Bertz CT molecular complexity index is 564. The summed E-state index contributed by atoms with van der Waals surface area (Å²) in [5.74, 6) is 7.47. The summed E-state index contributed by atoms with van der Waals surface area (Å²) in [5.41, 5.74) is 0. The van der Waals surface area contributed by atoms with E-state index in [1.165, 1.54) is 22.7 Å². The zero-order valence-electron chi connectivity index (χ0n) is 11.4. The lowest BCUT2D eigenvalue weighted by atomic mass is 10.2. The van der Waals surface area contributed by atoms with E-state index in [1.54, 1.807) is 12.1 Å². The van der Waals surface area contributed by atoms with Crippen LogP contribution < -0.4 is 11.2 Å². The lowest BCUT2D eigenvalue weighted by Gasteiger charge is -2.07. The molecule has 0 atom stereocenters. The molecule has 2 heterocycles. The van der Waals surface area contributed by atoms with Crippen LogP contribution in [0.3, 0.4) is 0 Å². The first-order chi connectivity index (χ1) is 9.58. The molecule has 2 rings (SSSR count). The molecule has 1 amide bonds. The molecular formula is C12H17N5O2S. The molecule has 0 saturated carbocycles. The highest BCUT2D eigenvalue weighted by Crippen LogP contribution is 2.21. The molecule has 0 saturated heterocycles. The summed E-state index contributed by atoms with van der Waals surface area (Å²) in [6.07, 6.45) is 1.54. The molecule has 0 fully saturated rings. The largest absolute Gasteiger partial charge is 0.461 e. The minimum Gasteiger partial charge on any atom is -0.461 e. The van der Waals surface area contributed by atoms with Crippen molar-refractivity contribution in [3.05, 3.63) is 18.4 Å². The van der Waals surface area contributed by atoms with Crippen molar-refractivity contribution >= 4 is 17.7 Å². The van der Waals surface area contributed by atoms with Crippen LogP contribution in [0.25, 0.3) is 11.6 Å². The molecule has 0 aliphatic rings. The Hall–Kier alpha value is -1.96. The molecule has 0 radical (unpaired) electrons. The summed E-state index contributed by atoms with van der Waals surface area (Å²) >= 11 is 1.24. The number of hydrogen-bond donors (Lipinski definition) is 2. The second kappa shape index (κ2) is 6.47. The van der Waals surface area contributed by atoms with Crippen molar-refractivity contribution in [3.8, 4) is 11.6 Å².